The standard InChI is InChI=1S/C16H15N3O/c1-3-7-14(8-4-1)12-20-13-19-16(11-17-18-19)15-9-5-2-6-10-15/h1-11H,12-13H2. The first-order chi connectivity index (χ1) is 9.93. The predicted octanol–water partition coefficient (Wildman–Crippen LogP) is 3.12. The van der Waals surface area contributed by atoms with Crippen LogP contribution in [0, 0.1) is 0 Å². The second-order valence-corrected chi connectivity index (χ2v) is 4.45. The van der Waals surface area contributed by atoms with Crippen molar-refractivity contribution in [1.82, 2.24) is 15.0 Å². The van der Waals surface area contributed by atoms with Gasteiger partial charge in [0.15, 0.2) is 0 Å². The normalized spacial score (nSPS) is 10.6. The minimum Gasteiger partial charge on any atom is -0.354 e. The van der Waals surface area contributed by atoms with Crippen molar-refractivity contribution in [2.45, 2.75) is 13.3 Å². The molecule has 1 heterocycles. The lowest BCUT2D eigenvalue weighted by Gasteiger charge is -2.07. The van der Waals surface area contributed by atoms with Gasteiger partial charge in [0, 0.05) is 5.56 Å². The van der Waals surface area contributed by atoms with Crippen molar-refractivity contribution in [3.05, 3.63) is 72.4 Å². The fourth-order valence-electron chi connectivity index (χ4n) is 2.01. The van der Waals surface area contributed by atoms with E-state index in [9.17, 15) is 0 Å². The minimum absolute atomic E-state index is 0.388. The molecule has 20 heavy (non-hydrogen) atoms. The van der Waals surface area contributed by atoms with Gasteiger partial charge in [-0.25, -0.2) is 4.68 Å². The molecule has 1 aromatic heterocycles. The fraction of sp³-hybridized carbons (Fsp3) is 0.125. The van der Waals surface area contributed by atoms with Crippen LogP contribution in [-0.4, -0.2) is 15.0 Å². The van der Waals surface area contributed by atoms with E-state index < -0.39 is 0 Å². The Kier molecular flexibility index (Phi) is 3.85. The molecule has 0 spiro atoms. The molecule has 0 N–H and O–H groups in total. The maximum atomic E-state index is 5.69. The van der Waals surface area contributed by atoms with Gasteiger partial charge in [-0.15, -0.1) is 5.10 Å². The predicted molar refractivity (Wildman–Crippen MR) is 76.7 cm³/mol. The molecule has 0 aliphatic carbocycles. The highest BCUT2D eigenvalue weighted by atomic mass is 16.5. The van der Waals surface area contributed by atoms with E-state index in [1.807, 2.05) is 60.7 Å². The zero-order valence-electron chi connectivity index (χ0n) is 11.0. The van der Waals surface area contributed by atoms with Crippen LogP contribution in [0.4, 0.5) is 0 Å². The summed E-state index contributed by atoms with van der Waals surface area (Å²) in [6.07, 6.45) is 1.75. The molecule has 0 saturated carbocycles. The Balaban J connectivity index is 1.66. The maximum absolute atomic E-state index is 5.69. The summed E-state index contributed by atoms with van der Waals surface area (Å²) < 4.78 is 7.45. The average Bonchev–Trinajstić information content (AvgIpc) is 2.98. The Morgan fingerprint density at radius 2 is 1.60 bits per heavy atom. The summed E-state index contributed by atoms with van der Waals surface area (Å²) in [5.74, 6) is 0. The molecule has 0 aliphatic heterocycles. The Morgan fingerprint density at radius 1 is 0.900 bits per heavy atom. The van der Waals surface area contributed by atoms with Gasteiger partial charge >= 0.3 is 0 Å². The molecule has 3 aromatic rings. The molecule has 0 amide bonds. The first-order valence-electron chi connectivity index (χ1n) is 6.49. The lowest BCUT2D eigenvalue weighted by Crippen LogP contribution is -2.06. The van der Waals surface area contributed by atoms with Crippen molar-refractivity contribution in [2.24, 2.45) is 0 Å². The van der Waals surface area contributed by atoms with Crippen LogP contribution in [-0.2, 0) is 18.1 Å². The topological polar surface area (TPSA) is 39.9 Å². The summed E-state index contributed by atoms with van der Waals surface area (Å²) in [7, 11) is 0. The summed E-state index contributed by atoms with van der Waals surface area (Å²) in [5, 5.41) is 8.02. The zero-order valence-corrected chi connectivity index (χ0v) is 11.0. The first kappa shape index (κ1) is 12.6. The van der Waals surface area contributed by atoms with Crippen LogP contribution in [0.25, 0.3) is 11.3 Å². The van der Waals surface area contributed by atoms with Crippen LogP contribution in [0.5, 0.6) is 0 Å². The molecule has 0 atom stereocenters. The molecule has 2 aromatic carbocycles. The summed E-state index contributed by atoms with van der Waals surface area (Å²) in [6.45, 7) is 0.952. The number of hydrogen-bond acceptors (Lipinski definition) is 3. The van der Waals surface area contributed by atoms with Gasteiger partial charge in [0.05, 0.1) is 18.5 Å². The van der Waals surface area contributed by atoms with Crippen LogP contribution in [0.1, 0.15) is 5.56 Å². The third kappa shape index (κ3) is 2.92. The average molecular weight is 265 g/mol. The summed E-state index contributed by atoms with van der Waals surface area (Å²) in [6, 6.07) is 20.1. The van der Waals surface area contributed by atoms with Crippen molar-refractivity contribution < 1.29 is 4.74 Å². The number of nitrogens with zero attached hydrogens (tertiary/aromatic N) is 3. The first-order valence-corrected chi connectivity index (χ1v) is 6.49. The third-order valence-electron chi connectivity index (χ3n) is 3.01. The van der Waals surface area contributed by atoms with Gasteiger partial charge in [0.2, 0.25) is 0 Å². The van der Waals surface area contributed by atoms with E-state index in [4.69, 9.17) is 4.74 Å². The van der Waals surface area contributed by atoms with Gasteiger partial charge in [-0.05, 0) is 5.56 Å². The summed E-state index contributed by atoms with van der Waals surface area (Å²) in [4.78, 5) is 0. The van der Waals surface area contributed by atoms with Crippen LogP contribution in [0.2, 0.25) is 0 Å². The lowest BCUT2D eigenvalue weighted by molar-refractivity contribution is 0.0560. The molecule has 4 heteroatoms. The summed E-state index contributed by atoms with van der Waals surface area (Å²) in [5.41, 5.74) is 3.19. The van der Waals surface area contributed by atoms with Crippen molar-refractivity contribution in [2.75, 3.05) is 0 Å². The highest BCUT2D eigenvalue weighted by molar-refractivity contribution is 5.57. The maximum Gasteiger partial charge on any atom is 0.142 e. The molecule has 0 unspecified atom stereocenters. The Hall–Kier alpha value is -2.46. The van der Waals surface area contributed by atoms with Gasteiger partial charge in [0.1, 0.15) is 6.73 Å². The van der Waals surface area contributed by atoms with Gasteiger partial charge in [-0.3, -0.25) is 0 Å². The van der Waals surface area contributed by atoms with Crippen molar-refractivity contribution in [3.8, 4) is 11.3 Å². The van der Waals surface area contributed by atoms with Crippen LogP contribution in [0.3, 0.4) is 0 Å². The van der Waals surface area contributed by atoms with E-state index in [1.165, 1.54) is 0 Å². The SMILES string of the molecule is c1ccc(COCn2nncc2-c2ccccc2)cc1. The molecule has 0 aliphatic rings. The minimum atomic E-state index is 0.388. The molecule has 0 fully saturated rings. The van der Waals surface area contributed by atoms with Crippen molar-refractivity contribution in [1.29, 1.82) is 0 Å². The fourth-order valence-corrected chi connectivity index (χ4v) is 2.01. The van der Waals surface area contributed by atoms with Crippen LogP contribution >= 0.6 is 0 Å². The van der Waals surface area contributed by atoms with Gasteiger partial charge < -0.3 is 4.74 Å². The van der Waals surface area contributed by atoms with Crippen LogP contribution < -0.4 is 0 Å². The number of hydrogen-bond donors (Lipinski definition) is 0. The number of rotatable bonds is 5. The molecular formula is C16H15N3O. The lowest BCUT2D eigenvalue weighted by atomic mass is 10.2. The van der Waals surface area contributed by atoms with Crippen molar-refractivity contribution in [3.63, 3.8) is 0 Å². The third-order valence-corrected chi connectivity index (χ3v) is 3.01. The van der Waals surface area contributed by atoms with E-state index in [2.05, 4.69) is 10.3 Å². The van der Waals surface area contributed by atoms with E-state index in [-0.39, 0.29) is 0 Å². The molecule has 4 nitrogen and oxygen atoms in total. The monoisotopic (exact) mass is 265 g/mol. The van der Waals surface area contributed by atoms with E-state index in [0.29, 0.717) is 13.3 Å². The van der Waals surface area contributed by atoms with Gasteiger partial charge in [-0.1, -0.05) is 65.9 Å². The second-order valence-electron chi connectivity index (χ2n) is 4.45. The number of benzene rings is 2. The number of aromatic nitrogens is 3. The zero-order chi connectivity index (χ0) is 13.6. The van der Waals surface area contributed by atoms with E-state index >= 15 is 0 Å². The highest BCUT2D eigenvalue weighted by Gasteiger charge is 2.05. The van der Waals surface area contributed by atoms with E-state index in [1.54, 1.807) is 10.9 Å². The van der Waals surface area contributed by atoms with Crippen LogP contribution in [0.15, 0.2) is 66.9 Å². The summed E-state index contributed by atoms with van der Waals surface area (Å²) >= 11 is 0. The van der Waals surface area contributed by atoms with Gasteiger partial charge in [-0.2, -0.15) is 0 Å². The molecule has 0 bridgehead atoms. The Labute approximate surface area is 117 Å². The Morgan fingerprint density at radius 3 is 2.35 bits per heavy atom. The molecular weight excluding hydrogens is 250 g/mol. The second kappa shape index (κ2) is 6.12. The smallest absolute Gasteiger partial charge is 0.142 e. The van der Waals surface area contributed by atoms with Gasteiger partial charge in [0.25, 0.3) is 0 Å². The van der Waals surface area contributed by atoms with Crippen molar-refractivity contribution >= 4 is 0 Å². The molecule has 100 valence electrons. The quantitative estimate of drug-likeness (QED) is 0.711. The molecule has 0 radical (unpaired) electrons. The Bertz CT molecular complexity index is 650. The van der Waals surface area contributed by atoms with E-state index in [0.717, 1.165) is 16.8 Å². The number of ether oxygens (including phenoxy) is 1. The largest absolute Gasteiger partial charge is 0.354 e. The molecule has 3 rings (SSSR count). The molecule has 0 saturated heterocycles. The highest BCUT2D eigenvalue weighted by Crippen LogP contribution is 2.17.